The lowest BCUT2D eigenvalue weighted by molar-refractivity contribution is -0.131. The van der Waals surface area contributed by atoms with Crippen LogP contribution in [0.2, 0.25) is 0 Å². The van der Waals surface area contributed by atoms with Crippen LogP contribution in [-0.2, 0) is 30.7 Å². The van der Waals surface area contributed by atoms with E-state index in [1.807, 2.05) is 13.8 Å². The largest absolute Gasteiger partial charge is 0.465 e. The molecule has 2 aromatic rings. The van der Waals surface area contributed by atoms with E-state index in [2.05, 4.69) is 11.6 Å². The number of carbonyl (C=O) groups excluding carboxylic acids is 3. The number of hydrogen-bond donors (Lipinski definition) is 0. The Balaban J connectivity index is 1.81. The smallest absolute Gasteiger partial charge is 0.337 e. The first-order valence-electron chi connectivity index (χ1n) is 10.9. The van der Waals surface area contributed by atoms with Gasteiger partial charge < -0.3 is 14.2 Å². The summed E-state index contributed by atoms with van der Waals surface area (Å²) < 4.78 is 32.3. The fraction of sp³-hybridized carbons (Fsp3) is 0.478. The summed E-state index contributed by atoms with van der Waals surface area (Å²) in [6.07, 6.45) is 2.62. The standard InChI is InChI=1S/C23H29N3O6S2/c1-5-8-26-18-7-6-17(22(29)32-4)10-19(18)33-23(26)24-20(27)13-34(30,31)14-21(28)25-11-15(2)9-16(3)12-25/h5-7,10,15-16H,1,8-9,11-14H2,2-4H3. The number of likely N-dealkylation sites (tertiary alicyclic amines) is 1. The van der Waals surface area contributed by atoms with E-state index >= 15 is 0 Å². The molecule has 9 nitrogen and oxygen atoms in total. The number of nitrogens with zero attached hydrogens (tertiary/aromatic N) is 3. The monoisotopic (exact) mass is 507 g/mol. The molecular formula is C23H29N3O6S2. The first kappa shape index (κ1) is 25.8. The molecule has 2 heterocycles. The van der Waals surface area contributed by atoms with Crippen LogP contribution < -0.4 is 4.80 Å². The van der Waals surface area contributed by atoms with Crippen molar-refractivity contribution in [1.82, 2.24) is 9.47 Å². The van der Waals surface area contributed by atoms with Gasteiger partial charge in [0.25, 0.3) is 5.91 Å². The zero-order valence-corrected chi connectivity index (χ0v) is 21.2. The van der Waals surface area contributed by atoms with E-state index in [4.69, 9.17) is 4.74 Å². The molecule has 0 aliphatic carbocycles. The molecule has 0 spiro atoms. The highest BCUT2D eigenvalue weighted by Crippen LogP contribution is 2.22. The molecule has 11 heteroatoms. The molecule has 0 radical (unpaired) electrons. The Labute approximate surface area is 202 Å². The Kier molecular flexibility index (Phi) is 8.09. The van der Waals surface area contributed by atoms with Crippen molar-refractivity contribution in [3.8, 4) is 0 Å². The van der Waals surface area contributed by atoms with Gasteiger partial charge in [-0.15, -0.1) is 6.58 Å². The minimum atomic E-state index is -3.98. The van der Waals surface area contributed by atoms with Gasteiger partial charge in [0.2, 0.25) is 5.91 Å². The lowest BCUT2D eigenvalue weighted by atomic mass is 9.92. The number of amides is 2. The van der Waals surface area contributed by atoms with Crippen molar-refractivity contribution >= 4 is 49.2 Å². The average molecular weight is 508 g/mol. The second-order valence-corrected chi connectivity index (χ2v) is 11.8. The number of esters is 1. The molecule has 1 aliphatic rings. The van der Waals surface area contributed by atoms with Crippen LogP contribution in [0.1, 0.15) is 30.6 Å². The first-order chi connectivity index (χ1) is 16.0. The van der Waals surface area contributed by atoms with Gasteiger partial charge in [-0.3, -0.25) is 9.59 Å². The van der Waals surface area contributed by atoms with Crippen LogP contribution >= 0.6 is 11.3 Å². The number of carbonyl (C=O) groups is 3. The van der Waals surface area contributed by atoms with Crippen molar-refractivity contribution in [2.75, 3.05) is 31.7 Å². The minimum absolute atomic E-state index is 0.280. The van der Waals surface area contributed by atoms with E-state index < -0.39 is 39.1 Å². The average Bonchev–Trinajstić information content (AvgIpc) is 3.07. The zero-order valence-electron chi connectivity index (χ0n) is 19.5. The number of piperidine rings is 1. The molecule has 2 amide bonds. The summed E-state index contributed by atoms with van der Waals surface area (Å²) in [6, 6.07) is 4.94. The summed E-state index contributed by atoms with van der Waals surface area (Å²) in [4.78, 5) is 42.8. The van der Waals surface area contributed by atoms with Crippen molar-refractivity contribution in [2.24, 2.45) is 16.8 Å². The molecule has 1 saturated heterocycles. The molecule has 1 fully saturated rings. The molecule has 2 atom stereocenters. The Morgan fingerprint density at radius 2 is 1.88 bits per heavy atom. The molecule has 184 valence electrons. The van der Waals surface area contributed by atoms with Crippen molar-refractivity contribution in [3.63, 3.8) is 0 Å². The predicted molar refractivity (Wildman–Crippen MR) is 130 cm³/mol. The van der Waals surface area contributed by atoms with E-state index in [9.17, 15) is 22.8 Å². The first-order valence-corrected chi connectivity index (χ1v) is 13.5. The molecule has 0 saturated carbocycles. The normalized spacial score (nSPS) is 19.3. The number of aromatic nitrogens is 1. The van der Waals surface area contributed by atoms with Gasteiger partial charge in [0.1, 0.15) is 11.5 Å². The lowest BCUT2D eigenvalue weighted by Gasteiger charge is -2.34. The topological polar surface area (TPSA) is 115 Å². The van der Waals surface area contributed by atoms with Crippen LogP contribution in [0.15, 0.2) is 35.8 Å². The highest BCUT2D eigenvalue weighted by molar-refractivity contribution is 7.92. The van der Waals surface area contributed by atoms with Gasteiger partial charge >= 0.3 is 5.97 Å². The number of allylic oxidation sites excluding steroid dienone is 1. The van der Waals surface area contributed by atoms with Gasteiger partial charge in [-0.2, -0.15) is 4.99 Å². The van der Waals surface area contributed by atoms with Crippen molar-refractivity contribution in [3.05, 3.63) is 41.2 Å². The second kappa shape index (κ2) is 10.6. The van der Waals surface area contributed by atoms with Gasteiger partial charge in [-0.1, -0.05) is 31.3 Å². The Morgan fingerprint density at radius 3 is 2.50 bits per heavy atom. The quantitative estimate of drug-likeness (QED) is 0.418. The molecule has 1 aliphatic heterocycles. The van der Waals surface area contributed by atoms with Gasteiger partial charge in [-0.05, 0) is 36.5 Å². The lowest BCUT2D eigenvalue weighted by Crippen LogP contribution is -2.45. The summed E-state index contributed by atoms with van der Waals surface area (Å²) >= 11 is 1.15. The summed E-state index contributed by atoms with van der Waals surface area (Å²) in [7, 11) is -2.69. The van der Waals surface area contributed by atoms with Gasteiger partial charge in [-0.25, -0.2) is 13.2 Å². The maximum atomic E-state index is 12.6. The van der Waals surface area contributed by atoms with Crippen molar-refractivity contribution in [1.29, 1.82) is 0 Å². The Hall–Kier alpha value is -2.79. The third-order valence-corrected chi connectivity index (χ3v) is 7.96. The molecule has 3 rings (SSSR count). The number of hydrogen-bond acceptors (Lipinski definition) is 7. The van der Waals surface area contributed by atoms with Crippen molar-refractivity contribution < 1.29 is 27.5 Å². The van der Waals surface area contributed by atoms with Gasteiger partial charge in [0, 0.05) is 19.6 Å². The van der Waals surface area contributed by atoms with Gasteiger partial charge in [0.15, 0.2) is 14.6 Å². The molecule has 2 unspecified atom stereocenters. The van der Waals surface area contributed by atoms with Crippen LogP contribution in [0.25, 0.3) is 10.2 Å². The molecular weight excluding hydrogens is 478 g/mol. The number of rotatable bonds is 7. The second-order valence-electron chi connectivity index (χ2n) is 8.74. The summed E-state index contributed by atoms with van der Waals surface area (Å²) in [5.41, 5.74) is 1.07. The maximum absolute atomic E-state index is 12.6. The number of methoxy groups -OCH3 is 1. The van der Waals surface area contributed by atoms with Crippen molar-refractivity contribution in [2.45, 2.75) is 26.8 Å². The number of fused-ring (bicyclic) bond motifs is 1. The van der Waals surface area contributed by atoms with Crippen LogP contribution in [-0.4, -0.2) is 67.4 Å². The summed E-state index contributed by atoms with van der Waals surface area (Å²) in [6.45, 7) is 9.16. The zero-order chi connectivity index (χ0) is 25.0. The Morgan fingerprint density at radius 1 is 1.21 bits per heavy atom. The van der Waals surface area contributed by atoms with Crippen LogP contribution in [0.3, 0.4) is 0 Å². The molecule has 1 aromatic carbocycles. The predicted octanol–water partition coefficient (Wildman–Crippen LogP) is 2.02. The van der Waals surface area contributed by atoms with E-state index in [1.54, 1.807) is 33.7 Å². The molecule has 1 aromatic heterocycles. The fourth-order valence-corrected chi connectivity index (χ4v) is 6.43. The van der Waals surface area contributed by atoms with E-state index in [0.717, 1.165) is 23.3 Å². The highest BCUT2D eigenvalue weighted by Gasteiger charge is 2.29. The number of ether oxygens (including phenoxy) is 1. The minimum Gasteiger partial charge on any atom is -0.465 e. The summed E-state index contributed by atoms with van der Waals surface area (Å²) in [5, 5.41) is 0. The van der Waals surface area contributed by atoms with Crippen LogP contribution in [0.4, 0.5) is 0 Å². The van der Waals surface area contributed by atoms with Crippen LogP contribution in [0.5, 0.6) is 0 Å². The van der Waals surface area contributed by atoms with E-state index in [0.29, 0.717) is 41.7 Å². The number of sulfone groups is 1. The van der Waals surface area contributed by atoms with E-state index in [-0.39, 0.29) is 4.80 Å². The van der Waals surface area contributed by atoms with Crippen LogP contribution in [0, 0.1) is 11.8 Å². The number of benzene rings is 1. The molecule has 34 heavy (non-hydrogen) atoms. The maximum Gasteiger partial charge on any atom is 0.337 e. The third kappa shape index (κ3) is 6.20. The fourth-order valence-electron chi connectivity index (χ4n) is 4.23. The summed E-state index contributed by atoms with van der Waals surface area (Å²) in [5.74, 6) is -2.79. The molecule has 0 N–H and O–H groups in total. The highest BCUT2D eigenvalue weighted by atomic mass is 32.2. The third-order valence-electron chi connectivity index (χ3n) is 5.54. The SMILES string of the molecule is C=CCn1c(=NC(=O)CS(=O)(=O)CC(=O)N2CC(C)CC(C)C2)sc2cc(C(=O)OC)ccc21. The Bertz CT molecular complexity index is 1280. The molecule has 0 bridgehead atoms. The van der Waals surface area contributed by atoms with E-state index in [1.165, 1.54) is 7.11 Å². The van der Waals surface area contributed by atoms with Gasteiger partial charge in [0.05, 0.1) is 22.9 Å². The number of thiazole rings is 1.